The number of rotatable bonds is 0. The summed E-state index contributed by atoms with van der Waals surface area (Å²) in [7, 11) is 0. The zero-order chi connectivity index (χ0) is 39.2. The SMILES string of the molecule is CC1(C)c2ccc(O)c(c2)Cc2cc3cc(c2O)Cc2cc(ccc2O)C(C)(C)c2ccc(O)c(c2)Cc2cc(cc(c2O)Cc2cc1ccc2O)C3(C)C. The van der Waals surface area contributed by atoms with E-state index in [2.05, 4.69) is 41.5 Å². The highest BCUT2D eigenvalue weighted by Gasteiger charge is 2.32. The molecule has 6 aromatic rings. The Bertz CT molecular complexity index is 2210. The maximum atomic E-state index is 12.1. The van der Waals surface area contributed by atoms with Gasteiger partial charge in [0.25, 0.3) is 0 Å². The molecular formula is C49H48O6. The Hall–Kier alpha value is -5.88. The Morgan fingerprint density at radius 2 is 0.491 bits per heavy atom. The summed E-state index contributed by atoms with van der Waals surface area (Å²) in [6.07, 6.45) is 0.994. The number of benzene rings is 6. The van der Waals surface area contributed by atoms with Crippen LogP contribution in [0.2, 0.25) is 0 Å². The quantitative estimate of drug-likeness (QED) is 0.0925. The van der Waals surface area contributed by atoms with Crippen molar-refractivity contribution in [2.75, 3.05) is 0 Å². The molecule has 0 saturated heterocycles. The van der Waals surface area contributed by atoms with E-state index in [1.165, 1.54) is 0 Å². The van der Waals surface area contributed by atoms with Crippen molar-refractivity contribution in [3.8, 4) is 34.5 Å². The summed E-state index contributed by atoms with van der Waals surface area (Å²) < 4.78 is 0. The molecule has 6 N–H and O–H groups in total. The van der Waals surface area contributed by atoms with Gasteiger partial charge in [0.1, 0.15) is 34.5 Å². The molecule has 0 amide bonds. The molecule has 0 saturated carbocycles. The van der Waals surface area contributed by atoms with Gasteiger partial charge < -0.3 is 30.6 Å². The van der Waals surface area contributed by atoms with E-state index in [0.717, 1.165) is 33.4 Å². The van der Waals surface area contributed by atoms with Crippen molar-refractivity contribution in [1.29, 1.82) is 0 Å². The molecule has 0 aliphatic heterocycles. The Kier molecular flexibility index (Phi) is 8.27. The monoisotopic (exact) mass is 732 g/mol. The summed E-state index contributed by atoms with van der Waals surface area (Å²) >= 11 is 0. The molecule has 0 atom stereocenters. The Labute approximate surface area is 322 Å². The lowest BCUT2D eigenvalue weighted by atomic mass is 9.73. The van der Waals surface area contributed by atoms with Crippen LogP contribution in [0.4, 0.5) is 0 Å². The molecule has 0 radical (unpaired) electrons. The summed E-state index contributed by atoms with van der Waals surface area (Å²) in [6.45, 7) is 12.6. The third-order valence-electron chi connectivity index (χ3n) is 12.7. The van der Waals surface area contributed by atoms with Crippen LogP contribution in [0.1, 0.15) is 119 Å². The van der Waals surface area contributed by atoms with Gasteiger partial charge in [-0.1, -0.05) is 114 Å². The lowest BCUT2D eigenvalue weighted by molar-refractivity contribution is 0.455. The zero-order valence-electron chi connectivity index (χ0n) is 32.2. The maximum absolute atomic E-state index is 12.1. The molecule has 0 fully saturated rings. The average molecular weight is 733 g/mol. The van der Waals surface area contributed by atoms with Crippen LogP contribution >= 0.6 is 0 Å². The second-order valence-corrected chi connectivity index (χ2v) is 17.2. The summed E-state index contributed by atoms with van der Waals surface area (Å²) in [4.78, 5) is 0. The Morgan fingerprint density at radius 3 is 0.727 bits per heavy atom. The maximum Gasteiger partial charge on any atom is 0.122 e. The Morgan fingerprint density at radius 1 is 0.291 bits per heavy atom. The molecule has 280 valence electrons. The highest BCUT2D eigenvalue weighted by Crippen LogP contribution is 2.45. The van der Waals surface area contributed by atoms with Crippen LogP contribution in [0.3, 0.4) is 0 Å². The van der Waals surface area contributed by atoms with Gasteiger partial charge in [-0.15, -0.1) is 0 Å². The van der Waals surface area contributed by atoms with Crippen LogP contribution in [0.5, 0.6) is 34.5 Å². The number of phenols is 6. The molecule has 6 heteroatoms. The fraction of sp³-hybridized carbons (Fsp3) is 0.265. The second kappa shape index (κ2) is 12.6. The van der Waals surface area contributed by atoms with Crippen LogP contribution in [-0.2, 0) is 41.9 Å². The first kappa shape index (κ1) is 36.1. The number of hydrogen-bond donors (Lipinski definition) is 6. The molecule has 14 bridgehead atoms. The smallest absolute Gasteiger partial charge is 0.122 e. The minimum atomic E-state index is -0.686. The van der Waals surface area contributed by atoms with E-state index in [1.54, 1.807) is 24.3 Å². The van der Waals surface area contributed by atoms with E-state index in [1.807, 2.05) is 72.8 Å². The van der Waals surface area contributed by atoms with E-state index in [9.17, 15) is 30.6 Å². The van der Waals surface area contributed by atoms with E-state index in [4.69, 9.17) is 0 Å². The van der Waals surface area contributed by atoms with E-state index < -0.39 is 16.2 Å². The number of fused-ring (bicyclic) bond motifs is 12. The van der Waals surface area contributed by atoms with Gasteiger partial charge in [-0.25, -0.2) is 0 Å². The van der Waals surface area contributed by atoms with Crippen molar-refractivity contribution in [3.05, 3.63) is 175 Å². The fourth-order valence-corrected chi connectivity index (χ4v) is 8.56. The van der Waals surface area contributed by atoms with Crippen LogP contribution < -0.4 is 0 Å². The second-order valence-electron chi connectivity index (χ2n) is 17.2. The first-order valence-corrected chi connectivity index (χ1v) is 18.9. The molecule has 8 rings (SSSR count). The summed E-state index contributed by atoms with van der Waals surface area (Å²) in [6, 6.07) is 30.4. The third-order valence-corrected chi connectivity index (χ3v) is 12.7. The van der Waals surface area contributed by atoms with Crippen molar-refractivity contribution in [1.82, 2.24) is 0 Å². The van der Waals surface area contributed by atoms with Crippen LogP contribution in [-0.4, -0.2) is 30.6 Å². The average Bonchev–Trinajstić information content (AvgIpc) is 3.13. The predicted octanol–water partition coefficient (Wildman–Crippen LogP) is 9.89. The molecule has 6 nitrogen and oxygen atoms in total. The first-order valence-electron chi connectivity index (χ1n) is 18.9. The lowest BCUT2D eigenvalue weighted by Crippen LogP contribution is -2.22. The summed E-state index contributed by atoms with van der Waals surface area (Å²) in [5.74, 6) is 0.706. The van der Waals surface area contributed by atoms with Crippen molar-refractivity contribution in [2.24, 2.45) is 0 Å². The van der Waals surface area contributed by atoms with Crippen molar-refractivity contribution < 1.29 is 30.6 Å². The van der Waals surface area contributed by atoms with E-state index >= 15 is 0 Å². The van der Waals surface area contributed by atoms with Gasteiger partial charge >= 0.3 is 0 Å². The molecule has 0 heterocycles. The summed E-state index contributed by atoms with van der Waals surface area (Å²) in [5, 5.41) is 69.3. The Balaban J connectivity index is 1.48. The molecule has 6 aromatic carbocycles. The number of hydrogen-bond acceptors (Lipinski definition) is 6. The standard InChI is InChI=1S/C49H48O6/c1-47(2)35-7-11-41(50)27(19-35)15-31-23-39-25-33(45(31)54)17-29-21-37(9-13-43(29)52)48(3,4)38-10-14-44(53)30(22-38)18-34-26-40(49(39,5)6)24-32(46(34)55)16-28-20-36(47)8-12-42(28)51/h7-14,19-26,50-55H,15-18H2,1-6H3. The lowest BCUT2D eigenvalue weighted by Gasteiger charge is -2.31. The number of aromatic hydroxyl groups is 6. The summed E-state index contributed by atoms with van der Waals surface area (Å²) in [5.41, 5.74) is 9.06. The molecule has 0 aromatic heterocycles. The fourth-order valence-electron chi connectivity index (χ4n) is 8.56. The minimum absolute atomic E-state index is 0.105. The van der Waals surface area contributed by atoms with Crippen molar-refractivity contribution >= 4 is 0 Å². The molecule has 0 unspecified atom stereocenters. The van der Waals surface area contributed by atoms with Crippen LogP contribution in [0.25, 0.3) is 0 Å². The zero-order valence-corrected chi connectivity index (χ0v) is 32.2. The van der Waals surface area contributed by atoms with Gasteiger partial charge in [0, 0.05) is 41.9 Å². The van der Waals surface area contributed by atoms with Gasteiger partial charge in [-0.3, -0.25) is 0 Å². The molecule has 2 aliphatic rings. The molecular weight excluding hydrogens is 685 g/mol. The van der Waals surface area contributed by atoms with Crippen molar-refractivity contribution in [3.63, 3.8) is 0 Å². The third kappa shape index (κ3) is 6.05. The topological polar surface area (TPSA) is 121 Å². The first-order chi connectivity index (χ1) is 25.9. The number of phenolic OH excluding ortho intramolecular Hbond substituents is 6. The van der Waals surface area contributed by atoms with E-state index in [-0.39, 0.29) is 60.2 Å². The van der Waals surface area contributed by atoms with Gasteiger partial charge in [0.15, 0.2) is 0 Å². The molecule has 0 spiro atoms. The minimum Gasteiger partial charge on any atom is -0.508 e. The molecule has 2 aliphatic carbocycles. The molecule has 55 heavy (non-hydrogen) atoms. The highest BCUT2D eigenvalue weighted by atomic mass is 16.3. The van der Waals surface area contributed by atoms with Gasteiger partial charge in [-0.2, -0.15) is 0 Å². The highest BCUT2D eigenvalue weighted by molar-refractivity contribution is 5.59. The van der Waals surface area contributed by atoms with E-state index in [0.29, 0.717) is 44.5 Å². The van der Waals surface area contributed by atoms with Crippen LogP contribution in [0, 0.1) is 0 Å². The van der Waals surface area contributed by atoms with Crippen molar-refractivity contribution in [2.45, 2.75) is 83.5 Å². The largest absolute Gasteiger partial charge is 0.508 e. The van der Waals surface area contributed by atoms with Gasteiger partial charge in [-0.05, 0) is 102 Å². The van der Waals surface area contributed by atoms with Gasteiger partial charge in [0.05, 0.1) is 0 Å². The predicted molar refractivity (Wildman–Crippen MR) is 216 cm³/mol. The van der Waals surface area contributed by atoms with Crippen LogP contribution in [0.15, 0.2) is 97.1 Å². The van der Waals surface area contributed by atoms with Gasteiger partial charge in [0.2, 0.25) is 0 Å². The normalized spacial score (nSPS) is 16.4.